The number of hydrogen-bond acceptors (Lipinski definition) is 2. The monoisotopic (exact) mass is 212 g/mol. The van der Waals surface area contributed by atoms with Crippen molar-refractivity contribution < 1.29 is 14.6 Å². The molecule has 2 aliphatic rings. The number of carbonyl (C=O) groups is 1. The maximum absolute atomic E-state index is 10.8. The fourth-order valence-corrected chi connectivity index (χ4v) is 2.26. The standard InChI is InChI=1S/C12H20O3/c13-11(14)12(9-15-12)8-3-1-2-5-10-6-4-7-10/h10H,1-9H2,(H,13,14). The van der Waals surface area contributed by atoms with E-state index < -0.39 is 11.6 Å². The number of carboxylic acids is 1. The lowest BCUT2D eigenvalue weighted by Gasteiger charge is -2.25. The molecule has 1 atom stereocenters. The average molecular weight is 212 g/mol. The number of ether oxygens (including phenoxy) is 1. The zero-order valence-corrected chi connectivity index (χ0v) is 9.21. The highest BCUT2D eigenvalue weighted by Crippen LogP contribution is 2.34. The molecule has 0 radical (unpaired) electrons. The molecule has 2 fully saturated rings. The summed E-state index contributed by atoms with van der Waals surface area (Å²) in [5.74, 6) is 0.206. The van der Waals surface area contributed by atoms with E-state index in [4.69, 9.17) is 9.84 Å². The lowest BCUT2D eigenvalue weighted by Crippen LogP contribution is -2.23. The van der Waals surface area contributed by atoms with Crippen LogP contribution < -0.4 is 0 Å². The summed E-state index contributed by atoms with van der Waals surface area (Å²) >= 11 is 0. The van der Waals surface area contributed by atoms with E-state index in [0.29, 0.717) is 13.0 Å². The zero-order valence-electron chi connectivity index (χ0n) is 9.21. The maximum atomic E-state index is 10.8. The van der Waals surface area contributed by atoms with Gasteiger partial charge in [0, 0.05) is 0 Å². The predicted octanol–water partition coefficient (Wildman–Crippen LogP) is 2.59. The number of hydrogen-bond donors (Lipinski definition) is 1. The van der Waals surface area contributed by atoms with Gasteiger partial charge in [0.15, 0.2) is 5.60 Å². The summed E-state index contributed by atoms with van der Waals surface area (Å²) in [5, 5.41) is 8.87. The van der Waals surface area contributed by atoms with Gasteiger partial charge in [-0.2, -0.15) is 0 Å². The fraction of sp³-hybridized carbons (Fsp3) is 0.917. The summed E-state index contributed by atoms with van der Waals surface area (Å²) in [7, 11) is 0. The van der Waals surface area contributed by atoms with Crippen LogP contribution in [-0.4, -0.2) is 23.3 Å². The van der Waals surface area contributed by atoms with Crippen molar-refractivity contribution in [3.8, 4) is 0 Å². The molecule has 3 nitrogen and oxygen atoms in total. The first-order valence-corrected chi connectivity index (χ1v) is 6.10. The Labute approximate surface area is 90.8 Å². The van der Waals surface area contributed by atoms with E-state index in [9.17, 15) is 4.79 Å². The fourth-order valence-electron chi connectivity index (χ4n) is 2.26. The maximum Gasteiger partial charge on any atom is 0.338 e. The quantitative estimate of drug-likeness (QED) is 0.521. The summed E-state index contributed by atoms with van der Waals surface area (Å²) < 4.78 is 5.02. The second-order valence-electron chi connectivity index (χ2n) is 4.98. The molecule has 0 aromatic carbocycles. The van der Waals surface area contributed by atoms with Gasteiger partial charge in [0.05, 0.1) is 6.61 Å². The first-order chi connectivity index (χ1) is 7.23. The van der Waals surface area contributed by atoms with Gasteiger partial charge in [0.1, 0.15) is 0 Å². The van der Waals surface area contributed by atoms with Gasteiger partial charge in [0.2, 0.25) is 0 Å². The molecule has 0 spiro atoms. The van der Waals surface area contributed by atoms with Crippen molar-refractivity contribution in [1.82, 2.24) is 0 Å². The molecule has 1 unspecified atom stereocenters. The molecule has 0 bridgehead atoms. The molecule has 1 heterocycles. The number of epoxide rings is 1. The molecule has 1 saturated heterocycles. The minimum absolute atomic E-state index is 0.422. The predicted molar refractivity (Wildman–Crippen MR) is 56.7 cm³/mol. The molecular weight excluding hydrogens is 192 g/mol. The van der Waals surface area contributed by atoms with E-state index in [1.54, 1.807) is 0 Å². The number of aliphatic carboxylic acids is 1. The molecule has 3 heteroatoms. The molecule has 1 aliphatic carbocycles. The van der Waals surface area contributed by atoms with Crippen LogP contribution in [0.15, 0.2) is 0 Å². The van der Waals surface area contributed by atoms with Gasteiger partial charge in [-0.05, 0) is 18.8 Å². The van der Waals surface area contributed by atoms with Crippen LogP contribution in [-0.2, 0) is 9.53 Å². The average Bonchev–Trinajstić information content (AvgIpc) is 2.89. The largest absolute Gasteiger partial charge is 0.479 e. The molecular formula is C12H20O3. The molecule has 1 saturated carbocycles. The minimum Gasteiger partial charge on any atom is -0.479 e. The van der Waals surface area contributed by atoms with E-state index in [1.165, 1.54) is 32.1 Å². The Hall–Kier alpha value is -0.570. The lowest BCUT2D eigenvalue weighted by atomic mass is 9.81. The lowest BCUT2D eigenvalue weighted by molar-refractivity contribution is -0.143. The Kier molecular flexibility index (Phi) is 3.29. The Balaban J connectivity index is 1.49. The van der Waals surface area contributed by atoms with Crippen molar-refractivity contribution in [2.45, 2.75) is 57.0 Å². The van der Waals surface area contributed by atoms with Crippen molar-refractivity contribution in [1.29, 1.82) is 0 Å². The highest BCUT2D eigenvalue weighted by molar-refractivity contribution is 5.80. The van der Waals surface area contributed by atoms with Crippen molar-refractivity contribution in [3.05, 3.63) is 0 Å². The molecule has 0 aromatic heterocycles. The van der Waals surface area contributed by atoms with E-state index in [-0.39, 0.29) is 0 Å². The Morgan fingerprint density at radius 2 is 2.07 bits per heavy atom. The van der Waals surface area contributed by atoms with E-state index in [0.717, 1.165) is 18.8 Å². The van der Waals surface area contributed by atoms with Gasteiger partial charge in [0.25, 0.3) is 0 Å². The van der Waals surface area contributed by atoms with E-state index >= 15 is 0 Å². The van der Waals surface area contributed by atoms with Crippen LogP contribution in [0.5, 0.6) is 0 Å². The zero-order chi connectivity index (χ0) is 10.7. The van der Waals surface area contributed by atoms with Crippen LogP contribution in [0.3, 0.4) is 0 Å². The SMILES string of the molecule is O=C(O)C1(CCCCCC2CCC2)CO1. The molecule has 2 rings (SSSR count). The Morgan fingerprint density at radius 3 is 2.53 bits per heavy atom. The number of unbranched alkanes of at least 4 members (excludes halogenated alkanes) is 2. The van der Waals surface area contributed by atoms with Gasteiger partial charge in [-0.1, -0.05) is 38.5 Å². The Bertz CT molecular complexity index is 229. The highest BCUT2D eigenvalue weighted by Gasteiger charge is 2.51. The normalized spacial score (nSPS) is 29.9. The molecule has 0 amide bonds. The van der Waals surface area contributed by atoms with Crippen LogP contribution >= 0.6 is 0 Å². The molecule has 1 aliphatic heterocycles. The third kappa shape index (κ3) is 2.71. The van der Waals surface area contributed by atoms with Crippen molar-refractivity contribution in [2.75, 3.05) is 6.61 Å². The molecule has 15 heavy (non-hydrogen) atoms. The molecule has 1 N–H and O–H groups in total. The summed E-state index contributed by atoms with van der Waals surface area (Å²) in [5.41, 5.74) is -0.781. The van der Waals surface area contributed by atoms with Crippen molar-refractivity contribution in [2.24, 2.45) is 5.92 Å². The third-order valence-corrected chi connectivity index (χ3v) is 3.80. The van der Waals surface area contributed by atoms with Crippen molar-refractivity contribution >= 4 is 5.97 Å². The highest BCUT2D eigenvalue weighted by atomic mass is 16.6. The van der Waals surface area contributed by atoms with Gasteiger partial charge >= 0.3 is 5.97 Å². The summed E-state index contributed by atoms with van der Waals surface area (Å²) in [6.07, 6.45) is 9.73. The topological polar surface area (TPSA) is 49.8 Å². The minimum atomic E-state index is -0.781. The number of rotatable bonds is 7. The third-order valence-electron chi connectivity index (χ3n) is 3.80. The Morgan fingerprint density at radius 1 is 1.33 bits per heavy atom. The first-order valence-electron chi connectivity index (χ1n) is 6.10. The van der Waals surface area contributed by atoms with Gasteiger partial charge < -0.3 is 9.84 Å². The van der Waals surface area contributed by atoms with Crippen LogP contribution in [0.2, 0.25) is 0 Å². The summed E-state index contributed by atoms with van der Waals surface area (Å²) in [6, 6.07) is 0. The van der Waals surface area contributed by atoms with Gasteiger partial charge in [-0.25, -0.2) is 4.79 Å². The summed E-state index contributed by atoms with van der Waals surface area (Å²) in [6.45, 7) is 0.422. The molecule has 0 aromatic rings. The smallest absolute Gasteiger partial charge is 0.338 e. The molecule has 86 valence electrons. The van der Waals surface area contributed by atoms with Gasteiger partial charge in [-0.3, -0.25) is 0 Å². The van der Waals surface area contributed by atoms with Crippen LogP contribution in [0.4, 0.5) is 0 Å². The van der Waals surface area contributed by atoms with E-state index in [1.807, 2.05) is 0 Å². The van der Waals surface area contributed by atoms with Crippen LogP contribution in [0.1, 0.15) is 51.4 Å². The van der Waals surface area contributed by atoms with Gasteiger partial charge in [-0.15, -0.1) is 0 Å². The first kappa shape index (κ1) is 10.9. The second-order valence-corrected chi connectivity index (χ2v) is 4.98. The van der Waals surface area contributed by atoms with E-state index in [2.05, 4.69) is 0 Å². The second kappa shape index (κ2) is 4.52. The number of carboxylic acid groups (broad SMARTS) is 1. The van der Waals surface area contributed by atoms with Crippen molar-refractivity contribution in [3.63, 3.8) is 0 Å². The van der Waals surface area contributed by atoms with Crippen LogP contribution in [0.25, 0.3) is 0 Å². The van der Waals surface area contributed by atoms with Crippen LogP contribution in [0, 0.1) is 5.92 Å². The summed E-state index contributed by atoms with van der Waals surface area (Å²) in [4.78, 5) is 10.8.